The number of ether oxygens (including phenoxy) is 1. The third kappa shape index (κ3) is 4.88. The van der Waals surface area contributed by atoms with Crippen LogP contribution < -0.4 is 15.4 Å². The molecule has 1 atom stereocenters. The average molecular weight is 510 g/mol. The lowest BCUT2D eigenvalue weighted by atomic mass is 9.68. The van der Waals surface area contributed by atoms with Gasteiger partial charge < -0.3 is 15.4 Å². The van der Waals surface area contributed by atoms with E-state index < -0.39 is 5.92 Å². The van der Waals surface area contributed by atoms with E-state index in [0.29, 0.717) is 30.0 Å². The van der Waals surface area contributed by atoms with Crippen molar-refractivity contribution in [3.8, 4) is 5.75 Å². The first kappa shape index (κ1) is 23.2. The fourth-order valence-electron chi connectivity index (χ4n) is 4.63. The lowest BCUT2D eigenvalue weighted by Gasteiger charge is -2.39. The molecule has 0 bridgehead atoms. The molecule has 2 aromatic rings. The number of nitrogens with one attached hydrogen (secondary N) is 2. The predicted octanol–water partition coefficient (Wildman–Crippen LogP) is 5.49. The van der Waals surface area contributed by atoms with E-state index in [-0.39, 0.29) is 17.1 Å². The van der Waals surface area contributed by atoms with E-state index in [9.17, 15) is 9.59 Å². The number of amides is 1. The van der Waals surface area contributed by atoms with Gasteiger partial charge in [-0.3, -0.25) is 9.59 Å². The van der Waals surface area contributed by atoms with Crippen molar-refractivity contribution in [3.63, 3.8) is 0 Å². The molecule has 0 saturated heterocycles. The summed E-state index contributed by atoms with van der Waals surface area (Å²) in [5.41, 5.74) is 3.61. The van der Waals surface area contributed by atoms with Crippen LogP contribution in [0.4, 0.5) is 5.82 Å². The summed E-state index contributed by atoms with van der Waals surface area (Å²) in [6.07, 6.45) is 2.83. The number of nitrogens with zero attached hydrogens (tertiary/aromatic N) is 1. The van der Waals surface area contributed by atoms with Gasteiger partial charge >= 0.3 is 0 Å². The van der Waals surface area contributed by atoms with Crippen LogP contribution >= 0.6 is 15.9 Å². The fraction of sp³-hybridized carbons (Fsp3) is 0.346. The molecule has 0 radical (unpaired) electrons. The van der Waals surface area contributed by atoms with Crippen molar-refractivity contribution >= 4 is 33.4 Å². The monoisotopic (exact) mass is 509 g/mol. The lowest BCUT2D eigenvalue weighted by molar-refractivity contribution is -0.118. The van der Waals surface area contributed by atoms with Crippen molar-refractivity contribution in [1.29, 1.82) is 0 Å². The Morgan fingerprint density at radius 2 is 1.94 bits per heavy atom. The molecule has 1 aromatic carbocycles. The highest BCUT2D eigenvalue weighted by Crippen LogP contribution is 2.46. The highest BCUT2D eigenvalue weighted by Gasteiger charge is 2.42. The molecule has 1 aliphatic carbocycles. The van der Waals surface area contributed by atoms with Gasteiger partial charge in [-0.25, -0.2) is 4.98 Å². The minimum atomic E-state index is -0.462. The second-order valence-corrected chi connectivity index (χ2v) is 10.2. The van der Waals surface area contributed by atoms with Crippen LogP contribution in [0, 0.1) is 5.41 Å². The number of allylic oxidation sites excluding steroid dienone is 3. The van der Waals surface area contributed by atoms with E-state index >= 15 is 0 Å². The third-order valence-corrected chi connectivity index (χ3v) is 6.45. The van der Waals surface area contributed by atoms with E-state index in [1.807, 2.05) is 44.2 Å². The molecule has 172 valence electrons. The van der Waals surface area contributed by atoms with Crippen LogP contribution in [0.2, 0.25) is 0 Å². The topological polar surface area (TPSA) is 80.3 Å². The van der Waals surface area contributed by atoms with Gasteiger partial charge in [0, 0.05) is 45.5 Å². The molecule has 33 heavy (non-hydrogen) atoms. The van der Waals surface area contributed by atoms with Crippen LogP contribution in [-0.4, -0.2) is 23.3 Å². The minimum Gasteiger partial charge on any atom is -0.494 e. The number of carbonyl (C=O) groups is 2. The van der Waals surface area contributed by atoms with Crippen LogP contribution in [0.5, 0.6) is 5.75 Å². The van der Waals surface area contributed by atoms with Crippen LogP contribution in [0.15, 0.2) is 69.6 Å². The Morgan fingerprint density at radius 3 is 2.58 bits per heavy atom. The molecule has 1 aliphatic heterocycles. The third-order valence-electron chi connectivity index (χ3n) is 5.98. The summed E-state index contributed by atoms with van der Waals surface area (Å²) in [7, 11) is 0. The summed E-state index contributed by atoms with van der Waals surface area (Å²) in [6.45, 7) is 8.60. The highest BCUT2D eigenvalue weighted by molar-refractivity contribution is 9.10. The van der Waals surface area contributed by atoms with Crippen molar-refractivity contribution < 1.29 is 14.3 Å². The van der Waals surface area contributed by atoms with E-state index in [2.05, 4.69) is 45.4 Å². The number of halogens is 1. The largest absolute Gasteiger partial charge is 0.494 e. The first-order valence-electron chi connectivity index (χ1n) is 11.1. The Kier molecular flexibility index (Phi) is 6.43. The van der Waals surface area contributed by atoms with Crippen molar-refractivity contribution in [2.75, 3.05) is 11.9 Å². The number of anilines is 1. The predicted molar refractivity (Wildman–Crippen MR) is 132 cm³/mol. The summed E-state index contributed by atoms with van der Waals surface area (Å²) in [5.74, 6) is 0.539. The van der Waals surface area contributed by atoms with Gasteiger partial charge in [0.15, 0.2) is 5.78 Å². The molecule has 7 heteroatoms. The molecule has 0 unspecified atom stereocenters. The number of carbonyl (C=O) groups excluding carboxylic acids is 2. The summed E-state index contributed by atoms with van der Waals surface area (Å²) < 4.78 is 6.42. The van der Waals surface area contributed by atoms with Crippen molar-refractivity contribution in [1.82, 2.24) is 10.3 Å². The molecule has 1 aromatic heterocycles. The molecule has 1 amide bonds. The maximum absolute atomic E-state index is 13.5. The zero-order valence-electron chi connectivity index (χ0n) is 19.3. The van der Waals surface area contributed by atoms with Gasteiger partial charge in [0.2, 0.25) is 0 Å². The molecular weight excluding hydrogens is 482 g/mol. The SMILES string of the molecule is CCOc1ccc([C@@H]2C(C(=O)Nc3ccc(Br)cn3)=C(C)NC3=C2C(=O)CC(C)(C)C3)cc1. The molecule has 0 saturated carbocycles. The quantitative estimate of drug-likeness (QED) is 0.557. The Labute approximate surface area is 202 Å². The average Bonchev–Trinajstić information content (AvgIpc) is 2.74. The van der Waals surface area contributed by atoms with E-state index in [1.165, 1.54) is 0 Å². The number of rotatable bonds is 5. The summed E-state index contributed by atoms with van der Waals surface area (Å²) in [4.78, 5) is 31.1. The van der Waals surface area contributed by atoms with Crippen molar-refractivity contribution in [2.24, 2.45) is 5.41 Å². The smallest absolute Gasteiger partial charge is 0.255 e. The zero-order valence-corrected chi connectivity index (χ0v) is 20.9. The highest BCUT2D eigenvalue weighted by atomic mass is 79.9. The molecule has 2 aliphatic rings. The van der Waals surface area contributed by atoms with Gasteiger partial charge in [0.05, 0.1) is 6.61 Å². The van der Waals surface area contributed by atoms with Gasteiger partial charge in [0.25, 0.3) is 5.91 Å². The molecule has 4 rings (SSSR count). The fourth-order valence-corrected chi connectivity index (χ4v) is 4.86. The normalized spacial score (nSPS) is 19.7. The number of benzene rings is 1. The Morgan fingerprint density at radius 1 is 1.21 bits per heavy atom. The first-order valence-corrected chi connectivity index (χ1v) is 11.9. The van der Waals surface area contributed by atoms with E-state index in [0.717, 1.165) is 33.6 Å². The number of pyridine rings is 1. The first-order chi connectivity index (χ1) is 15.7. The zero-order chi connectivity index (χ0) is 23.8. The standard InChI is InChI=1S/C26H28BrN3O3/c1-5-33-18-9-6-16(7-10-18)23-22(25(32)30-21-11-8-17(27)14-28-21)15(2)29-19-12-26(3,4)13-20(31)24(19)23/h6-11,14,23,29H,5,12-13H2,1-4H3,(H,28,30,32)/t23-/m1/s1. The molecule has 6 nitrogen and oxygen atoms in total. The van der Waals surface area contributed by atoms with Crippen LogP contribution in [-0.2, 0) is 9.59 Å². The van der Waals surface area contributed by atoms with Gasteiger partial charge in [0.1, 0.15) is 11.6 Å². The maximum Gasteiger partial charge on any atom is 0.255 e. The maximum atomic E-state index is 13.5. The summed E-state index contributed by atoms with van der Waals surface area (Å²) in [6, 6.07) is 11.2. The summed E-state index contributed by atoms with van der Waals surface area (Å²) >= 11 is 3.36. The number of aromatic nitrogens is 1. The Bertz CT molecular complexity index is 1150. The Balaban J connectivity index is 1.77. The number of hydrogen-bond acceptors (Lipinski definition) is 5. The lowest BCUT2D eigenvalue weighted by Crippen LogP contribution is -2.39. The molecule has 0 fully saturated rings. The van der Waals surface area contributed by atoms with Crippen molar-refractivity contribution in [2.45, 2.75) is 46.5 Å². The number of Topliss-reactive ketones (excluding diaryl/α,β-unsaturated/α-hetero) is 1. The number of hydrogen-bond donors (Lipinski definition) is 2. The number of dihydropyridines is 1. The molecule has 2 heterocycles. The molecule has 0 spiro atoms. The second kappa shape index (κ2) is 9.14. The van der Waals surface area contributed by atoms with E-state index in [1.54, 1.807) is 12.3 Å². The van der Waals surface area contributed by atoms with Gasteiger partial charge in [-0.2, -0.15) is 0 Å². The van der Waals surface area contributed by atoms with Gasteiger partial charge in [-0.05, 0) is 71.4 Å². The second-order valence-electron chi connectivity index (χ2n) is 9.25. The van der Waals surface area contributed by atoms with Crippen LogP contribution in [0.1, 0.15) is 52.0 Å². The van der Waals surface area contributed by atoms with E-state index in [4.69, 9.17) is 4.74 Å². The summed E-state index contributed by atoms with van der Waals surface area (Å²) in [5, 5.41) is 6.29. The Hall–Kier alpha value is -2.93. The molecular formula is C26H28BrN3O3. The minimum absolute atomic E-state index is 0.0761. The number of ketones is 1. The van der Waals surface area contributed by atoms with Crippen LogP contribution in [0.25, 0.3) is 0 Å². The molecule has 2 N–H and O–H groups in total. The van der Waals surface area contributed by atoms with Crippen molar-refractivity contribution in [3.05, 3.63) is 75.2 Å². The van der Waals surface area contributed by atoms with Crippen LogP contribution in [0.3, 0.4) is 0 Å². The van der Waals surface area contributed by atoms with Gasteiger partial charge in [-0.15, -0.1) is 0 Å². The van der Waals surface area contributed by atoms with Gasteiger partial charge in [-0.1, -0.05) is 26.0 Å².